The van der Waals surface area contributed by atoms with Gasteiger partial charge >= 0.3 is 0 Å². The number of nitrogen functional groups attached to an aromatic ring is 1. The van der Waals surface area contributed by atoms with Crippen LogP contribution in [-0.2, 0) is 0 Å². The maximum Gasteiger partial charge on any atom is 0.257 e. The number of nitrogens with one attached hydrogen (secondary N) is 1. The van der Waals surface area contributed by atoms with E-state index in [1.54, 1.807) is 50.6 Å². The van der Waals surface area contributed by atoms with Crippen LogP contribution in [0.1, 0.15) is 10.4 Å². The van der Waals surface area contributed by atoms with Gasteiger partial charge in [-0.3, -0.25) is 4.79 Å². The van der Waals surface area contributed by atoms with Crippen LogP contribution in [0.15, 0.2) is 40.9 Å². The number of rotatable bonds is 4. The van der Waals surface area contributed by atoms with Gasteiger partial charge in [0.15, 0.2) is 0 Å². The molecule has 2 aromatic rings. The van der Waals surface area contributed by atoms with Crippen molar-refractivity contribution in [1.82, 2.24) is 0 Å². The lowest BCUT2D eigenvalue weighted by molar-refractivity contribution is 0.102. The third-order valence-corrected chi connectivity index (χ3v) is 3.62. The van der Waals surface area contributed by atoms with Gasteiger partial charge in [-0.25, -0.2) is 0 Å². The predicted octanol–water partition coefficient (Wildman–Crippen LogP) is 3.30. The molecule has 0 aromatic heterocycles. The monoisotopic (exact) mass is 350 g/mol. The van der Waals surface area contributed by atoms with Crippen molar-refractivity contribution in [3.8, 4) is 11.5 Å². The highest BCUT2D eigenvalue weighted by Gasteiger charge is 2.13. The quantitative estimate of drug-likeness (QED) is 0.829. The number of benzene rings is 2. The van der Waals surface area contributed by atoms with Crippen molar-refractivity contribution in [2.45, 2.75) is 0 Å². The summed E-state index contributed by atoms with van der Waals surface area (Å²) in [6, 6.07) is 10.2. The molecule has 1 amide bonds. The van der Waals surface area contributed by atoms with Crippen LogP contribution in [0.25, 0.3) is 0 Å². The molecule has 0 radical (unpaired) electrons. The minimum atomic E-state index is -0.280. The minimum absolute atomic E-state index is 0.280. The number of amides is 1. The molecule has 0 spiro atoms. The molecule has 0 heterocycles. The molecular formula is C15H15BrN2O3. The van der Waals surface area contributed by atoms with Gasteiger partial charge in [0.25, 0.3) is 5.91 Å². The molecule has 0 unspecified atom stereocenters. The normalized spacial score (nSPS) is 10.0. The number of carbonyl (C=O) groups is 1. The van der Waals surface area contributed by atoms with Crippen LogP contribution in [-0.4, -0.2) is 20.1 Å². The van der Waals surface area contributed by atoms with E-state index in [0.717, 1.165) is 0 Å². The van der Waals surface area contributed by atoms with Crippen molar-refractivity contribution in [2.75, 3.05) is 25.3 Å². The highest BCUT2D eigenvalue weighted by Crippen LogP contribution is 2.27. The van der Waals surface area contributed by atoms with Crippen molar-refractivity contribution in [3.05, 3.63) is 46.4 Å². The molecule has 0 saturated heterocycles. The van der Waals surface area contributed by atoms with Gasteiger partial charge in [-0.2, -0.15) is 0 Å². The molecule has 0 aliphatic carbocycles. The van der Waals surface area contributed by atoms with E-state index >= 15 is 0 Å². The highest BCUT2D eigenvalue weighted by atomic mass is 79.9. The van der Waals surface area contributed by atoms with Crippen molar-refractivity contribution in [3.63, 3.8) is 0 Å². The first kappa shape index (κ1) is 15.2. The summed E-state index contributed by atoms with van der Waals surface area (Å²) in [4.78, 5) is 12.3. The first-order valence-corrected chi connectivity index (χ1v) is 6.93. The Bertz CT molecular complexity index is 674. The van der Waals surface area contributed by atoms with Gasteiger partial charge in [0, 0.05) is 10.5 Å². The van der Waals surface area contributed by atoms with E-state index in [1.807, 2.05) is 0 Å². The topological polar surface area (TPSA) is 73.6 Å². The third-order valence-electron chi connectivity index (χ3n) is 2.93. The number of anilines is 2. The second-order valence-corrected chi connectivity index (χ2v) is 5.11. The van der Waals surface area contributed by atoms with Gasteiger partial charge < -0.3 is 20.5 Å². The summed E-state index contributed by atoms with van der Waals surface area (Å²) in [7, 11) is 3.10. The molecule has 2 rings (SSSR count). The number of carbonyl (C=O) groups excluding carboxylic acids is 1. The van der Waals surface area contributed by atoms with Crippen LogP contribution in [0.5, 0.6) is 11.5 Å². The standard InChI is InChI=1S/C15H15BrN2O3/c1-20-9-3-5-12(16)11(7-9)15(19)18-14-6-4-10(21-2)8-13(14)17/h3-8H,17H2,1-2H3,(H,18,19). The molecule has 5 nitrogen and oxygen atoms in total. The van der Waals surface area contributed by atoms with E-state index in [-0.39, 0.29) is 5.91 Å². The predicted molar refractivity (Wildman–Crippen MR) is 86.1 cm³/mol. The molecule has 0 aliphatic heterocycles. The minimum Gasteiger partial charge on any atom is -0.497 e. The summed E-state index contributed by atoms with van der Waals surface area (Å²) >= 11 is 3.35. The molecule has 0 bridgehead atoms. The zero-order chi connectivity index (χ0) is 15.4. The van der Waals surface area contributed by atoms with Crippen molar-refractivity contribution >= 4 is 33.2 Å². The first-order chi connectivity index (χ1) is 10.0. The smallest absolute Gasteiger partial charge is 0.257 e. The number of methoxy groups -OCH3 is 2. The second-order valence-electron chi connectivity index (χ2n) is 4.25. The van der Waals surface area contributed by atoms with Crippen molar-refractivity contribution in [1.29, 1.82) is 0 Å². The largest absolute Gasteiger partial charge is 0.497 e. The van der Waals surface area contributed by atoms with Crippen LogP contribution < -0.4 is 20.5 Å². The number of ether oxygens (including phenoxy) is 2. The Morgan fingerprint density at radius 3 is 2.33 bits per heavy atom. The maximum atomic E-state index is 12.3. The Hall–Kier alpha value is -2.21. The number of nitrogens with two attached hydrogens (primary N) is 1. The SMILES string of the molecule is COc1ccc(NC(=O)c2cc(OC)ccc2Br)c(N)c1. The molecule has 3 N–H and O–H groups in total. The molecular weight excluding hydrogens is 336 g/mol. The molecule has 0 fully saturated rings. The summed E-state index contributed by atoms with van der Waals surface area (Å²) < 4.78 is 10.9. The Balaban J connectivity index is 2.26. The van der Waals surface area contributed by atoms with Crippen molar-refractivity contribution < 1.29 is 14.3 Å². The van der Waals surface area contributed by atoms with Crippen molar-refractivity contribution in [2.24, 2.45) is 0 Å². The molecule has 110 valence electrons. The summed E-state index contributed by atoms with van der Waals surface area (Å²) in [6.45, 7) is 0. The number of hydrogen-bond acceptors (Lipinski definition) is 4. The van der Waals surface area contributed by atoms with Gasteiger partial charge in [0.05, 0.1) is 31.2 Å². The summed E-state index contributed by atoms with van der Waals surface area (Å²) in [5, 5.41) is 2.76. The molecule has 0 aliphatic rings. The van der Waals surface area contributed by atoms with E-state index in [0.29, 0.717) is 32.9 Å². The molecule has 21 heavy (non-hydrogen) atoms. The lowest BCUT2D eigenvalue weighted by Crippen LogP contribution is -2.14. The first-order valence-electron chi connectivity index (χ1n) is 6.13. The van der Waals surface area contributed by atoms with Gasteiger partial charge in [-0.1, -0.05) is 0 Å². The van der Waals surface area contributed by atoms with Gasteiger partial charge in [-0.15, -0.1) is 0 Å². The Morgan fingerprint density at radius 1 is 1.10 bits per heavy atom. The number of hydrogen-bond donors (Lipinski definition) is 2. The van der Waals surface area contributed by atoms with Gasteiger partial charge in [-0.05, 0) is 46.3 Å². The van der Waals surface area contributed by atoms with Crippen LogP contribution >= 0.6 is 15.9 Å². The lowest BCUT2D eigenvalue weighted by atomic mass is 10.2. The Labute approximate surface area is 131 Å². The van der Waals surface area contributed by atoms with E-state index in [2.05, 4.69) is 21.2 Å². The lowest BCUT2D eigenvalue weighted by Gasteiger charge is -2.11. The fraction of sp³-hybridized carbons (Fsp3) is 0.133. The second kappa shape index (κ2) is 6.49. The Morgan fingerprint density at radius 2 is 1.71 bits per heavy atom. The molecule has 0 atom stereocenters. The summed E-state index contributed by atoms with van der Waals surface area (Å²) in [5.41, 5.74) is 7.30. The van der Waals surface area contributed by atoms with Gasteiger partial charge in [0.2, 0.25) is 0 Å². The van der Waals surface area contributed by atoms with E-state index in [9.17, 15) is 4.79 Å². The zero-order valence-electron chi connectivity index (χ0n) is 11.6. The molecule has 6 heteroatoms. The zero-order valence-corrected chi connectivity index (χ0v) is 13.2. The summed E-state index contributed by atoms with van der Waals surface area (Å²) in [6.07, 6.45) is 0. The van der Waals surface area contributed by atoms with Gasteiger partial charge in [0.1, 0.15) is 11.5 Å². The Kier molecular flexibility index (Phi) is 4.70. The average Bonchev–Trinajstić information content (AvgIpc) is 2.49. The van der Waals surface area contributed by atoms with E-state index in [4.69, 9.17) is 15.2 Å². The average molecular weight is 351 g/mol. The third kappa shape index (κ3) is 3.46. The van der Waals surface area contributed by atoms with Crippen LogP contribution in [0.2, 0.25) is 0 Å². The number of halogens is 1. The van der Waals surface area contributed by atoms with E-state index in [1.165, 1.54) is 0 Å². The highest BCUT2D eigenvalue weighted by molar-refractivity contribution is 9.10. The maximum absolute atomic E-state index is 12.3. The molecule has 2 aromatic carbocycles. The van der Waals surface area contributed by atoms with Crippen LogP contribution in [0.3, 0.4) is 0 Å². The van der Waals surface area contributed by atoms with Crippen LogP contribution in [0, 0.1) is 0 Å². The van der Waals surface area contributed by atoms with Crippen LogP contribution in [0.4, 0.5) is 11.4 Å². The fourth-order valence-electron chi connectivity index (χ4n) is 1.78. The van der Waals surface area contributed by atoms with E-state index < -0.39 is 0 Å². The fourth-order valence-corrected chi connectivity index (χ4v) is 2.20. The molecule has 0 saturated carbocycles. The summed E-state index contributed by atoms with van der Waals surface area (Å²) in [5.74, 6) is 0.955.